The fourth-order valence-electron chi connectivity index (χ4n) is 3.42. The predicted molar refractivity (Wildman–Crippen MR) is 110 cm³/mol. The van der Waals surface area contributed by atoms with Gasteiger partial charge in [-0.1, -0.05) is 30.3 Å². The molecule has 1 unspecified atom stereocenters. The Hall–Kier alpha value is -2.38. The number of likely N-dealkylation sites (tertiary alicyclic amines) is 1. The molecule has 7 nitrogen and oxygen atoms in total. The monoisotopic (exact) mass is 385 g/mol. The van der Waals surface area contributed by atoms with Gasteiger partial charge in [-0.15, -0.1) is 0 Å². The van der Waals surface area contributed by atoms with Gasteiger partial charge in [0, 0.05) is 51.5 Å². The van der Waals surface area contributed by atoms with Crippen molar-refractivity contribution < 1.29 is 9.47 Å². The van der Waals surface area contributed by atoms with Crippen molar-refractivity contribution in [2.45, 2.75) is 19.5 Å². The van der Waals surface area contributed by atoms with E-state index in [-0.39, 0.29) is 0 Å². The van der Waals surface area contributed by atoms with Crippen LogP contribution in [0, 0.1) is 5.92 Å². The maximum Gasteiger partial charge on any atom is 0.193 e. The number of benzene rings is 1. The van der Waals surface area contributed by atoms with Gasteiger partial charge >= 0.3 is 0 Å². The number of methoxy groups -OCH3 is 1. The molecule has 1 aliphatic heterocycles. The molecular formula is C21H31N5O2. The topological polar surface area (TPSA) is 63.9 Å². The van der Waals surface area contributed by atoms with Gasteiger partial charge < -0.3 is 19.7 Å². The Balaban J connectivity index is 1.43. The Morgan fingerprint density at radius 2 is 2.11 bits per heavy atom. The smallest absolute Gasteiger partial charge is 0.193 e. The highest BCUT2D eigenvalue weighted by molar-refractivity contribution is 5.80. The third-order valence-electron chi connectivity index (χ3n) is 4.91. The van der Waals surface area contributed by atoms with Crippen LogP contribution in [0.2, 0.25) is 0 Å². The molecule has 1 saturated heterocycles. The zero-order valence-corrected chi connectivity index (χ0v) is 16.9. The molecule has 0 radical (unpaired) electrons. The first-order valence-electron chi connectivity index (χ1n) is 9.86. The molecule has 1 N–H and O–H groups in total. The van der Waals surface area contributed by atoms with E-state index >= 15 is 0 Å². The van der Waals surface area contributed by atoms with Crippen LogP contribution >= 0.6 is 0 Å². The van der Waals surface area contributed by atoms with Gasteiger partial charge in [-0.25, -0.2) is 0 Å². The van der Waals surface area contributed by atoms with Gasteiger partial charge in [-0.2, -0.15) is 5.10 Å². The zero-order valence-electron chi connectivity index (χ0n) is 16.9. The number of guanidine groups is 1. The Bertz CT molecular complexity index is 731. The Kier molecular flexibility index (Phi) is 7.87. The van der Waals surface area contributed by atoms with Gasteiger partial charge in [-0.3, -0.25) is 9.67 Å². The van der Waals surface area contributed by atoms with Crippen molar-refractivity contribution in [3.05, 3.63) is 53.9 Å². The van der Waals surface area contributed by atoms with E-state index < -0.39 is 0 Å². The van der Waals surface area contributed by atoms with E-state index in [1.165, 1.54) is 5.56 Å². The van der Waals surface area contributed by atoms with Gasteiger partial charge in [0.15, 0.2) is 5.96 Å². The van der Waals surface area contributed by atoms with Gasteiger partial charge in [-0.05, 0) is 12.0 Å². The summed E-state index contributed by atoms with van der Waals surface area (Å²) >= 11 is 0. The summed E-state index contributed by atoms with van der Waals surface area (Å²) in [4.78, 5) is 6.75. The SMILES string of the molecule is CN=C(NCc1cnn(Cc2ccccc2)c1)N1CCC(COCCOC)C1. The first-order chi connectivity index (χ1) is 13.8. The molecule has 0 amide bonds. The Morgan fingerprint density at radius 1 is 1.25 bits per heavy atom. The largest absolute Gasteiger partial charge is 0.382 e. The fourth-order valence-corrected chi connectivity index (χ4v) is 3.42. The summed E-state index contributed by atoms with van der Waals surface area (Å²) in [5.41, 5.74) is 2.40. The molecule has 0 aliphatic carbocycles. The second-order valence-corrected chi connectivity index (χ2v) is 7.10. The van der Waals surface area contributed by atoms with Crippen molar-refractivity contribution in [1.29, 1.82) is 0 Å². The van der Waals surface area contributed by atoms with Crippen LogP contribution in [0.5, 0.6) is 0 Å². The molecule has 0 saturated carbocycles. The van der Waals surface area contributed by atoms with E-state index in [1.807, 2.05) is 24.0 Å². The third kappa shape index (κ3) is 6.07. The van der Waals surface area contributed by atoms with Crippen molar-refractivity contribution in [2.24, 2.45) is 10.9 Å². The molecule has 7 heteroatoms. The summed E-state index contributed by atoms with van der Waals surface area (Å²) in [5, 5.41) is 7.93. The molecule has 28 heavy (non-hydrogen) atoms. The number of nitrogens with one attached hydrogen (secondary N) is 1. The minimum Gasteiger partial charge on any atom is -0.382 e. The molecule has 0 spiro atoms. The van der Waals surface area contributed by atoms with Crippen LogP contribution in [-0.2, 0) is 22.6 Å². The number of hydrogen-bond donors (Lipinski definition) is 1. The fraction of sp³-hybridized carbons (Fsp3) is 0.524. The second kappa shape index (κ2) is 10.8. The number of hydrogen-bond acceptors (Lipinski definition) is 4. The van der Waals surface area contributed by atoms with Crippen molar-refractivity contribution in [3.8, 4) is 0 Å². The van der Waals surface area contributed by atoms with Crippen LogP contribution in [0.15, 0.2) is 47.7 Å². The highest BCUT2D eigenvalue weighted by Crippen LogP contribution is 2.16. The van der Waals surface area contributed by atoms with E-state index in [0.29, 0.717) is 25.7 Å². The van der Waals surface area contributed by atoms with Crippen LogP contribution in [-0.4, -0.2) is 67.7 Å². The number of aliphatic imine (C=N–C) groups is 1. The lowest BCUT2D eigenvalue weighted by Crippen LogP contribution is -2.39. The molecule has 3 rings (SSSR count). The summed E-state index contributed by atoms with van der Waals surface area (Å²) in [6.45, 7) is 5.57. The maximum atomic E-state index is 5.68. The van der Waals surface area contributed by atoms with Gasteiger partial charge in [0.05, 0.1) is 32.6 Å². The highest BCUT2D eigenvalue weighted by atomic mass is 16.5. The normalized spacial score (nSPS) is 17.3. The average molecular weight is 386 g/mol. The average Bonchev–Trinajstić information content (AvgIpc) is 3.37. The summed E-state index contributed by atoms with van der Waals surface area (Å²) < 4.78 is 12.7. The minimum atomic E-state index is 0.545. The van der Waals surface area contributed by atoms with Crippen LogP contribution in [0.3, 0.4) is 0 Å². The molecule has 0 bridgehead atoms. The summed E-state index contributed by atoms with van der Waals surface area (Å²) in [6.07, 6.45) is 5.13. The lowest BCUT2D eigenvalue weighted by Gasteiger charge is -2.21. The van der Waals surface area contributed by atoms with Gasteiger partial charge in [0.2, 0.25) is 0 Å². The molecule has 1 aliphatic rings. The standard InChI is InChI=1S/C21H31N5O2/c1-22-21(25-9-8-19(14-25)17-28-11-10-27-2)23-12-20-13-24-26(16-20)15-18-6-4-3-5-7-18/h3-7,13,16,19H,8-12,14-15,17H2,1-2H3,(H,22,23). The molecule has 2 aromatic rings. The van der Waals surface area contributed by atoms with Crippen LogP contribution in [0.4, 0.5) is 0 Å². The molecule has 2 heterocycles. The number of nitrogens with zero attached hydrogens (tertiary/aromatic N) is 4. The number of rotatable bonds is 9. The van der Waals surface area contributed by atoms with E-state index in [1.54, 1.807) is 7.11 Å². The second-order valence-electron chi connectivity index (χ2n) is 7.10. The Morgan fingerprint density at radius 3 is 2.89 bits per heavy atom. The molecular weight excluding hydrogens is 354 g/mol. The molecule has 1 atom stereocenters. The van der Waals surface area contributed by atoms with Crippen LogP contribution in [0.25, 0.3) is 0 Å². The lowest BCUT2D eigenvalue weighted by atomic mass is 10.1. The van der Waals surface area contributed by atoms with Gasteiger partial charge in [0.1, 0.15) is 0 Å². The van der Waals surface area contributed by atoms with Crippen LogP contribution in [0.1, 0.15) is 17.5 Å². The van der Waals surface area contributed by atoms with Crippen LogP contribution < -0.4 is 5.32 Å². The third-order valence-corrected chi connectivity index (χ3v) is 4.91. The first-order valence-corrected chi connectivity index (χ1v) is 9.86. The zero-order chi connectivity index (χ0) is 19.6. The van der Waals surface area contributed by atoms with E-state index in [2.05, 4.69) is 50.8 Å². The van der Waals surface area contributed by atoms with E-state index in [4.69, 9.17) is 9.47 Å². The van der Waals surface area contributed by atoms with E-state index in [9.17, 15) is 0 Å². The summed E-state index contributed by atoms with van der Waals surface area (Å²) in [6, 6.07) is 10.4. The van der Waals surface area contributed by atoms with Crippen molar-refractivity contribution in [3.63, 3.8) is 0 Å². The van der Waals surface area contributed by atoms with Crippen molar-refractivity contribution in [1.82, 2.24) is 20.0 Å². The molecule has 1 aromatic carbocycles. The summed E-state index contributed by atoms with van der Waals surface area (Å²) in [5.74, 6) is 1.49. The van der Waals surface area contributed by atoms with Crippen molar-refractivity contribution >= 4 is 5.96 Å². The highest BCUT2D eigenvalue weighted by Gasteiger charge is 2.24. The number of ether oxygens (including phenoxy) is 2. The quantitative estimate of drug-likeness (QED) is 0.406. The molecule has 1 fully saturated rings. The molecule has 1 aromatic heterocycles. The minimum absolute atomic E-state index is 0.545. The molecule has 152 valence electrons. The van der Waals surface area contributed by atoms with Gasteiger partial charge in [0.25, 0.3) is 0 Å². The van der Waals surface area contributed by atoms with Crippen molar-refractivity contribution in [2.75, 3.05) is 47.1 Å². The maximum absolute atomic E-state index is 5.68. The lowest BCUT2D eigenvalue weighted by molar-refractivity contribution is 0.0536. The Labute approximate surface area is 167 Å². The number of aromatic nitrogens is 2. The first kappa shape index (κ1) is 20.4. The summed E-state index contributed by atoms with van der Waals surface area (Å²) in [7, 11) is 3.53. The van der Waals surface area contributed by atoms with E-state index in [0.717, 1.165) is 44.2 Å². The predicted octanol–water partition coefficient (Wildman–Crippen LogP) is 1.99.